The molecule has 0 bridgehead atoms. The highest BCUT2D eigenvalue weighted by molar-refractivity contribution is 5.97. The minimum atomic E-state index is -0.374. The van der Waals surface area contributed by atoms with Gasteiger partial charge in [0.05, 0.1) is 18.2 Å². The molecular weight excluding hydrogens is 330 g/mol. The number of hydrogen-bond acceptors (Lipinski definition) is 4. The molecule has 2 aliphatic heterocycles. The van der Waals surface area contributed by atoms with Crippen LogP contribution in [0.4, 0.5) is 0 Å². The van der Waals surface area contributed by atoms with Gasteiger partial charge in [-0.15, -0.1) is 0 Å². The van der Waals surface area contributed by atoms with Crippen LogP contribution in [0, 0.1) is 0 Å². The molecule has 0 radical (unpaired) electrons. The average Bonchev–Trinajstić information content (AvgIpc) is 3.04. The molecule has 1 saturated heterocycles. The van der Waals surface area contributed by atoms with Crippen LogP contribution in [0.5, 0.6) is 5.75 Å². The molecule has 6 nitrogen and oxygen atoms in total. The zero-order chi connectivity index (χ0) is 18.1. The summed E-state index contributed by atoms with van der Waals surface area (Å²) in [7, 11) is 1.59. The molecule has 6 heteroatoms. The SMILES string of the molecule is COc1ccc2c(c1)C(=O)N[C@@]1(CC2)CCN(C(=O)c2cccnc2)C1. The quantitative estimate of drug-likeness (QED) is 0.899. The fraction of sp³-hybridized carbons (Fsp3) is 0.350. The first kappa shape index (κ1) is 16.6. The van der Waals surface area contributed by atoms with Crippen molar-refractivity contribution < 1.29 is 14.3 Å². The van der Waals surface area contributed by atoms with Gasteiger partial charge in [-0.25, -0.2) is 0 Å². The van der Waals surface area contributed by atoms with E-state index >= 15 is 0 Å². The predicted octanol–water partition coefficient (Wildman–Crippen LogP) is 2.05. The van der Waals surface area contributed by atoms with Gasteiger partial charge in [-0.3, -0.25) is 14.6 Å². The molecule has 1 atom stereocenters. The predicted molar refractivity (Wildman–Crippen MR) is 96.3 cm³/mol. The molecule has 0 unspecified atom stereocenters. The number of aromatic nitrogens is 1. The first-order valence-corrected chi connectivity index (χ1v) is 8.79. The molecule has 134 valence electrons. The Kier molecular flexibility index (Phi) is 4.11. The van der Waals surface area contributed by atoms with Crippen molar-refractivity contribution in [1.29, 1.82) is 0 Å². The molecule has 0 aliphatic carbocycles. The number of rotatable bonds is 2. The van der Waals surface area contributed by atoms with Gasteiger partial charge in [0.1, 0.15) is 5.75 Å². The number of aryl methyl sites for hydroxylation is 1. The van der Waals surface area contributed by atoms with E-state index in [2.05, 4.69) is 10.3 Å². The van der Waals surface area contributed by atoms with Crippen LogP contribution in [0.3, 0.4) is 0 Å². The number of methoxy groups -OCH3 is 1. The molecule has 26 heavy (non-hydrogen) atoms. The number of nitrogens with zero attached hydrogens (tertiary/aromatic N) is 2. The summed E-state index contributed by atoms with van der Waals surface area (Å²) in [6.07, 6.45) is 5.61. The zero-order valence-electron chi connectivity index (χ0n) is 14.7. The Hall–Kier alpha value is -2.89. The van der Waals surface area contributed by atoms with Gasteiger partial charge < -0.3 is 15.0 Å². The number of carbonyl (C=O) groups is 2. The van der Waals surface area contributed by atoms with E-state index in [0.29, 0.717) is 30.0 Å². The minimum absolute atomic E-state index is 0.0346. The molecular formula is C20H21N3O3. The molecule has 3 heterocycles. The van der Waals surface area contributed by atoms with Gasteiger partial charge in [-0.2, -0.15) is 0 Å². The van der Waals surface area contributed by atoms with E-state index in [1.54, 1.807) is 37.7 Å². The first-order chi connectivity index (χ1) is 12.6. The Bertz CT molecular complexity index is 853. The number of nitrogens with one attached hydrogen (secondary N) is 1. The summed E-state index contributed by atoms with van der Waals surface area (Å²) in [6, 6.07) is 9.17. The van der Waals surface area contributed by atoms with Crippen molar-refractivity contribution in [1.82, 2.24) is 15.2 Å². The largest absolute Gasteiger partial charge is 0.497 e. The number of ether oxygens (including phenoxy) is 1. The lowest BCUT2D eigenvalue weighted by atomic mass is 9.91. The van der Waals surface area contributed by atoms with Crippen LogP contribution in [-0.4, -0.2) is 47.4 Å². The summed E-state index contributed by atoms with van der Waals surface area (Å²) in [5.41, 5.74) is 1.90. The Morgan fingerprint density at radius 2 is 2.19 bits per heavy atom. The number of carbonyl (C=O) groups excluding carboxylic acids is 2. The number of benzene rings is 1. The van der Waals surface area contributed by atoms with Crippen LogP contribution in [-0.2, 0) is 6.42 Å². The van der Waals surface area contributed by atoms with Crippen LogP contribution < -0.4 is 10.1 Å². The molecule has 2 amide bonds. The summed E-state index contributed by atoms with van der Waals surface area (Å²) in [6.45, 7) is 1.16. The zero-order valence-corrected chi connectivity index (χ0v) is 14.7. The fourth-order valence-corrected chi connectivity index (χ4v) is 3.88. The van der Waals surface area contributed by atoms with Crippen molar-refractivity contribution >= 4 is 11.8 Å². The van der Waals surface area contributed by atoms with Gasteiger partial charge in [-0.1, -0.05) is 6.07 Å². The lowest BCUT2D eigenvalue weighted by molar-refractivity contribution is 0.0764. The highest BCUT2D eigenvalue weighted by Crippen LogP contribution is 2.32. The van der Waals surface area contributed by atoms with Crippen LogP contribution in [0.2, 0.25) is 0 Å². The Balaban J connectivity index is 1.54. The van der Waals surface area contributed by atoms with Crippen molar-refractivity contribution in [3.05, 3.63) is 59.4 Å². The fourth-order valence-electron chi connectivity index (χ4n) is 3.88. The van der Waals surface area contributed by atoms with Crippen molar-refractivity contribution in [2.75, 3.05) is 20.2 Å². The number of pyridine rings is 1. The second kappa shape index (κ2) is 6.44. The summed E-state index contributed by atoms with van der Waals surface area (Å²) >= 11 is 0. The summed E-state index contributed by atoms with van der Waals surface area (Å²) in [4.78, 5) is 31.3. The molecule has 0 saturated carbocycles. The lowest BCUT2D eigenvalue weighted by Crippen LogP contribution is -2.50. The molecule has 1 aromatic carbocycles. The van der Waals surface area contributed by atoms with Gasteiger partial charge in [0.15, 0.2) is 0 Å². The van der Waals surface area contributed by atoms with Crippen LogP contribution >= 0.6 is 0 Å². The second-order valence-electron chi connectivity index (χ2n) is 6.98. The number of hydrogen-bond donors (Lipinski definition) is 1. The molecule has 2 aliphatic rings. The van der Waals surface area contributed by atoms with Gasteiger partial charge >= 0.3 is 0 Å². The maximum Gasteiger partial charge on any atom is 0.255 e. The van der Waals surface area contributed by atoms with E-state index < -0.39 is 0 Å². The first-order valence-electron chi connectivity index (χ1n) is 8.79. The molecule has 1 aromatic heterocycles. The molecule has 1 spiro atoms. The Morgan fingerprint density at radius 3 is 2.96 bits per heavy atom. The van der Waals surface area contributed by atoms with Crippen LogP contribution in [0.1, 0.15) is 39.1 Å². The Morgan fingerprint density at radius 1 is 1.31 bits per heavy atom. The minimum Gasteiger partial charge on any atom is -0.497 e. The third-order valence-corrected chi connectivity index (χ3v) is 5.36. The van der Waals surface area contributed by atoms with E-state index in [9.17, 15) is 9.59 Å². The maximum atomic E-state index is 12.8. The topological polar surface area (TPSA) is 71.5 Å². The molecule has 2 aromatic rings. The lowest BCUT2D eigenvalue weighted by Gasteiger charge is -2.29. The van der Waals surface area contributed by atoms with Gasteiger partial charge in [0.25, 0.3) is 11.8 Å². The smallest absolute Gasteiger partial charge is 0.255 e. The van der Waals surface area contributed by atoms with E-state index in [1.807, 2.05) is 17.0 Å². The van der Waals surface area contributed by atoms with E-state index in [1.165, 1.54) is 0 Å². The monoisotopic (exact) mass is 351 g/mol. The van der Waals surface area contributed by atoms with Crippen LogP contribution in [0.15, 0.2) is 42.7 Å². The third-order valence-electron chi connectivity index (χ3n) is 5.36. The third kappa shape index (κ3) is 2.92. The summed E-state index contributed by atoms with van der Waals surface area (Å²) in [5, 5.41) is 3.19. The van der Waals surface area contributed by atoms with Crippen LogP contribution in [0.25, 0.3) is 0 Å². The van der Waals surface area contributed by atoms with Crippen molar-refractivity contribution in [2.24, 2.45) is 0 Å². The summed E-state index contributed by atoms with van der Waals surface area (Å²) in [5.74, 6) is 0.550. The average molecular weight is 351 g/mol. The highest BCUT2D eigenvalue weighted by Gasteiger charge is 2.42. The maximum absolute atomic E-state index is 12.8. The molecule has 4 rings (SSSR count). The highest BCUT2D eigenvalue weighted by atomic mass is 16.5. The van der Waals surface area contributed by atoms with E-state index in [0.717, 1.165) is 24.8 Å². The second-order valence-corrected chi connectivity index (χ2v) is 6.98. The van der Waals surface area contributed by atoms with Gasteiger partial charge in [0.2, 0.25) is 0 Å². The van der Waals surface area contributed by atoms with Gasteiger partial charge in [0, 0.05) is 31.0 Å². The number of fused-ring (bicyclic) bond motifs is 1. The molecule has 1 N–H and O–H groups in total. The van der Waals surface area contributed by atoms with Gasteiger partial charge in [-0.05, 0) is 49.1 Å². The van der Waals surface area contributed by atoms with E-state index in [4.69, 9.17) is 4.74 Å². The van der Waals surface area contributed by atoms with E-state index in [-0.39, 0.29) is 17.4 Å². The number of likely N-dealkylation sites (tertiary alicyclic amines) is 1. The summed E-state index contributed by atoms with van der Waals surface area (Å²) < 4.78 is 5.25. The van der Waals surface area contributed by atoms with Crippen molar-refractivity contribution in [3.63, 3.8) is 0 Å². The standard InChI is InChI=1S/C20H21N3O3/c1-26-16-5-4-14-6-7-20(22-18(24)17(14)11-16)8-10-23(13-20)19(25)15-3-2-9-21-12-15/h2-5,9,11-12H,6-8,10,13H2,1H3,(H,22,24)/t20-/m0/s1. The van der Waals surface area contributed by atoms with Crippen molar-refractivity contribution in [3.8, 4) is 5.75 Å². The van der Waals surface area contributed by atoms with Crippen molar-refractivity contribution in [2.45, 2.75) is 24.8 Å². The normalized spacial score (nSPS) is 21.9. The Labute approximate surface area is 152 Å². The molecule has 1 fully saturated rings. The number of amides is 2.